The van der Waals surface area contributed by atoms with Crippen molar-refractivity contribution in [3.63, 3.8) is 0 Å². The van der Waals surface area contributed by atoms with Crippen LogP contribution in [-0.4, -0.2) is 32.0 Å². The highest BCUT2D eigenvalue weighted by atomic mass is 16.5. The third-order valence-electron chi connectivity index (χ3n) is 13.9. The zero-order chi connectivity index (χ0) is 32.3. The van der Waals surface area contributed by atoms with Crippen molar-refractivity contribution >= 4 is 0 Å². The summed E-state index contributed by atoms with van der Waals surface area (Å²) in [5, 5.41) is 0. The first kappa shape index (κ1) is 37.4. The van der Waals surface area contributed by atoms with E-state index in [2.05, 4.69) is 47.6 Å². The van der Waals surface area contributed by atoms with Gasteiger partial charge in [0.2, 0.25) is 0 Å². The minimum atomic E-state index is 0.0423. The summed E-state index contributed by atoms with van der Waals surface area (Å²) < 4.78 is 12.7. The molecule has 3 fully saturated rings. The van der Waals surface area contributed by atoms with Gasteiger partial charge in [-0.25, -0.2) is 0 Å². The average molecular weight is 628 g/mol. The number of allylic oxidation sites excluding steroid dienone is 1. The van der Waals surface area contributed by atoms with Crippen LogP contribution in [0.1, 0.15) is 176 Å². The predicted molar refractivity (Wildman–Crippen MR) is 193 cm³/mol. The Morgan fingerprint density at radius 2 is 1.53 bits per heavy atom. The summed E-state index contributed by atoms with van der Waals surface area (Å²) in [6, 6.07) is 0. The number of rotatable bonds is 21. The highest BCUT2D eigenvalue weighted by Gasteiger charge is 2.59. The summed E-state index contributed by atoms with van der Waals surface area (Å²) in [6.45, 7) is 17.1. The Kier molecular flexibility index (Phi) is 15.3. The van der Waals surface area contributed by atoms with Crippen LogP contribution < -0.4 is 5.73 Å². The molecule has 3 saturated carbocycles. The number of hydrogen-bond acceptors (Lipinski definition) is 3. The molecule has 0 heterocycles. The second-order valence-electron chi connectivity index (χ2n) is 17.4. The van der Waals surface area contributed by atoms with E-state index >= 15 is 0 Å². The highest BCUT2D eigenvalue weighted by Crippen LogP contribution is 2.67. The van der Waals surface area contributed by atoms with Crippen LogP contribution >= 0.6 is 0 Å². The molecule has 0 spiro atoms. The maximum absolute atomic E-state index is 6.54. The Morgan fingerprint density at radius 3 is 2.22 bits per heavy atom. The molecule has 0 radical (unpaired) electrons. The van der Waals surface area contributed by atoms with Crippen LogP contribution in [-0.2, 0) is 9.47 Å². The molecule has 0 saturated heterocycles. The molecule has 262 valence electrons. The van der Waals surface area contributed by atoms with E-state index in [1.165, 1.54) is 122 Å². The van der Waals surface area contributed by atoms with Gasteiger partial charge in [-0.1, -0.05) is 130 Å². The first-order valence-electron chi connectivity index (χ1n) is 20.4. The molecule has 0 aromatic carbocycles. The topological polar surface area (TPSA) is 44.5 Å². The third-order valence-corrected chi connectivity index (χ3v) is 13.9. The van der Waals surface area contributed by atoms with E-state index < -0.39 is 0 Å². The first-order valence-corrected chi connectivity index (χ1v) is 20.4. The van der Waals surface area contributed by atoms with Crippen LogP contribution in [0.5, 0.6) is 0 Å². The van der Waals surface area contributed by atoms with Gasteiger partial charge in [-0.05, 0) is 104 Å². The summed E-state index contributed by atoms with van der Waals surface area (Å²) in [4.78, 5) is 0. The zero-order valence-corrected chi connectivity index (χ0v) is 31.1. The van der Waals surface area contributed by atoms with Crippen LogP contribution in [0.3, 0.4) is 0 Å². The van der Waals surface area contributed by atoms with E-state index in [-0.39, 0.29) is 6.10 Å². The lowest BCUT2D eigenvalue weighted by Crippen LogP contribution is -2.51. The lowest BCUT2D eigenvalue weighted by Gasteiger charge is -2.58. The summed E-state index contributed by atoms with van der Waals surface area (Å²) >= 11 is 0. The minimum Gasteiger partial charge on any atom is -0.375 e. The van der Waals surface area contributed by atoms with Gasteiger partial charge in [0.05, 0.1) is 18.8 Å². The molecule has 0 bridgehead atoms. The molecule has 45 heavy (non-hydrogen) atoms. The quantitative estimate of drug-likeness (QED) is 0.102. The van der Waals surface area contributed by atoms with Gasteiger partial charge in [0.25, 0.3) is 0 Å². The van der Waals surface area contributed by atoms with E-state index in [0.29, 0.717) is 30.1 Å². The molecule has 0 aromatic heterocycles. The second kappa shape index (κ2) is 18.4. The average Bonchev–Trinajstić information content (AvgIpc) is 3.38. The molecule has 4 aliphatic rings. The molecule has 4 aliphatic carbocycles. The smallest absolute Gasteiger partial charge is 0.0930 e. The molecular weight excluding hydrogens is 550 g/mol. The fourth-order valence-electron chi connectivity index (χ4n) is 11.1. The maximum atomic E-state index is 6.54. The lowest BCUT2D eigenvalue weighted by molar-refractivity contribution is -0.0777. The standard InChI is InChI=1S/C42H77NO2/c1-7-8-9-10-11-12-13-14-15-16-28-44-36(30-43)31-45-35-24-26-41(5)34(29-35)20-21-37-39-23-22-38(33(4)19-17-18-32(2)3)42(39,6)27-25-40(37)41/h20,32-33,35-40H,7-19,21-31,43H2,1-6H3/t33-,35?,36?,37?,38-,39?,40?,41+,42-/m1/s1. The third kappa shape index (κ3) is 9.84. The Morgan fingerprint density at radius 1 is 0.822 bits per heavy atom. The van der Waals surface area contributed by atoms with Gasteiger partial charge in [-0.2, -0.15) is 0 Å². The van der Waals surface area contributed by atoms with Gasteiger partial charge < -0.3 is 15.2 Å². The molecule has 0 aliphatic heterocycles. The van der Waals surface area contributed by atoms with E-state index in [0.717, 1.165) is 55.0 Å². The van der Waals surface area contributed by atoms with Gasteiger partial charge in [-0.15, -0.1) is 0 Å². The summed E-state index contributed by atoms with van der Waals surface area (Å²) in [5.74, 6) is 5.41. The largest absolute Gasteiger partial charge is 0.375 e. The number of nitrogens with two attached hydrogens (primary N) is 1. The van der Waals surface area contributed by atoms with E-state index in [1.807, 2.05) is 0 Å². The van der Waals surface area contributed by atoms with Gasteiger partial charge in [0.1, 0.15) is 0 Å². The van der Waals surface area contributed by atoms with E-state index in [1.54, 1.807) is 5.57 Å². The van der Waals surface area contributed by atoms with Crippen LogP contribution in [0.15, 0.2) is 11.6 Å². The van der Waals surface area contributed by atoms with Crippen LogP contribution in [0, 0.1) is 46.3 Å². The van der Waals surface area contributed by atoms with Crippen LogP contribution in [0.2, 0.25) is 0 Å². The van der Waals surface area contributed by atoms with Gasteiger partial charge in [-0.3, -0.25) is 0 Å². The number of fused-ring (bicyclic) bond motifs is 5. The molecule has 9 atom stereocenters. The van der Waals surface area contributed by atoms with Crippen LogP contribution in [0.4, 0.5) is 0 Å². The molecule has 3 nitrogen and oxygen atoms in total. The summed E-state index contributed by atoms with van der Waals surface area (Å²) in [7, 11) is 0. The zero-order valence-electron chi connectivity index (χ0n) is 31.1. The first-order chi connectivity index (χ1) is 21.7. The van der Waals surface area contributed by atoms with Gasteiger partial charge >= 0.3 is 0 Å². The van der Waals surface area contributed by atoms with Crippen molar-refractivity contribution in [2.75, 3.05) is 19.8 Å². The maximum Gasteiger partial charge on any atom is 0.0930 e. The van der Waals surface area contributed by atoms with Gasteiger partial charge in [0.15, 0.2) is 0 Å². The molecule has 0 amide bonds. The second-order valence-corrected chi connectivity index (χ2v) is 17.4. The molecule has 5 unspecified atom stereocenters. The van der Waals surface area contributed by atoms with Crippen molar-refractivity contribution in [2.24, 2.45) is 52.1 Å². The van der Waals surface area contributed by atoms with Crippen molar-refractivity contribution in [3.05, 3.63) is 11.6 Å². The minimum absolute atomic E-state index is 0.0423. The Hall–Kier alpha value is -0.380. The lowest BCUT2D eigenvalue weighted by atomic mass is 9.47. The molecular formula is C42H77NO2. The van der Waals surface area contributed by atoms with Crippen molar-refractivity contribution in [1.29, 1.82) is 0 Å². The summed E-state index contributed by atoms with van der Waals surface area (Å²) in [5.41, 5.74) is 8.82. The Balaban J connectivity index is 1.18. The number of hydrogen-bond donors (Lipinski definition) is 1. The highest BCUT2D eigenvalue weighted by molar-refractivity contribution is 5.25. The number of ether oxygens (including phenoxy) is 2. The van der Waals surface area contributed by atoms with Crippen molar-refractivity contribution < 1.29 is 9.47 Å². The van der Waals surface area contributed by atoms with Crippen molar-refractivity contribution in [1.82, 2.24) is 0 Å². The fraction of sp³-hybridized carbons (Fsp3) is 0.952. The predicted octanol–water partition coefficient (Wildman–Crippen LogP) is 11.7. The molecule has 3 heteroatoms. The normalized spacial score (nSPS) is 34.2. The SMILES string of the molecule is CCCCCCCCCCCCOC(CN)COC1CC[C@@]2(C)C(=CCC3C2CC[C@@]2(C)C3CC[C@@H]2[C@H](C)CCCC(C)C)C1. The van der Waals surface area contributed by atoms with Crippen molar-refractivity contribution in [3.8, 4) is 0 Å². The molecule has 0 aromatic rings. The fourth-order valence-corrected chi connectivity index (χ4v) is 11.1. The summed E-state index contributed by atoms with van der Waals surface area (Å²) in [6.07, 6.45) is 31.8. The Labute approximate surface area is 281 Å². The Bertz CT molecular complexity index is 869. The van der Waals surface area contributed by atoms with Crippen molar-refractivity contribution in [2.45, 2.75) is 189 Å². The number of unbranched alkanes of at least 4 members (excludes halogenated alkanes) is 9. The van der Waals surface area contributed by atoms with Crippen LogP contribution in [0.25, 0.3) is 0 Å². The monoisotopic (exact) mass is 628 g/mol. The van der Waals surface area contributed by atoms with E-state index in [9.17, 15) is 0 Å². The molecule has 2 N–H and O–H groups in total. The van der Waals surface area contributed by atoms with E-state index in [4.69, 9.17) is 15.2 Å². The molecule has 4 rings (SSSR count). The van der Waals surface area contributed by atoms with Gasteiger partial charge in [0, 0.05) is 13.2 Å².